The fourth-order valence-corrected chi connectivity index (χ4v) is 3.23. The van der Waals surface area contributed by atoms with Crippen LogP contribution in [0.4, 0.5) is 0 Å². The molecule has 0 saturated heterocycles. The summed E-state index contributed by atoms with van der Waals surface area (Å²) in [4.78, 5) is 12.6. The predicted octanol–water partition coefficient (Wildman–Crippen LogP) is 3.14. The molecule has 0 aromatic carbocycles. The topological polar surface area (TPSA) is 46.9 Å². The minimum absolute atomic E-state index is 0.0402. The van der Waals surface area contributed by atoms with E-state index in [2.05, 4.69) is 10.4 Å². The number of hydrogen-bond donors (Lipinski definition) is 1. The second kappa shape index (κ2) is 6.61. The van der Waals surface area contributed by atoms with E-state index >= 15 is 0 Å². The van der Waals surface area contributed by atoms with Crippen LogP contribution in [0.3, 0.4) is 0 Å². The molecule has 1 aliphatic carbocycles. The summed E-state index contributed by atoms with van der Waals surface area (Å²) in [6.07, 6.45) is 6.31. The van der Waals surface area contributed by atoms with Gasteiger partial charge in [-0.05, 0) is 32.3 Å². The number of carbonyl (C=O) groups excluding carboxylic acids is 1. The van der Waals surface area contributed by atoms with Crippen molar-refractivity contribution in [2.24, 2.45) is 0 Å². The lowest BCUT2D eigenvalue weighted by molar-refractivity contribution is 0.0873. The average Bonchev–Trinajstić information content (AvgIpc) is 2.91. The maximum absolute atomic E-state index is 12.6. The van der Waals surface area contributed by atoms with Crippen LogP contribution in [0.1, 0.15) is 62.1 Å². The van der Waals surface area contributed by atoms with Crippen molar-refractivity contribution in [2.45, 2.75) is 64.5 Å². The largest absolute Gasteiger partial charge is 0.344 e. The summed E-state index contributed by atoms with van der Waals surface area (Å²) in [7, 11) is 0. The lowest BCUT2D eigenvalue weighted by atomic mass is 9.83. The number of halogens is 1. The molecule has 0 spiro atoms. The Hall–Kier alpha value is -1.03. The van der Waals surface area contributed by atoms with E-state index in [-0.39, 0.29) is 11.4 Å². The van der Waals surface area contributed by atoms with Gasteiger partial charge in [-0.3, -0.25) is 9.48 Å². The minimum Gasteiger partial charge on any atom is -0.344 e. The minimum atomic E-state index is -0.230. The number of carbonyl (C=O) groups is 1. The summed E-state index contributed by atoms with van der Waals surface area (Å²) in [5.74, 6) is 0.446. The second-order valence-corrected chi connectivity index (χ2v) is 5.89. The van der Waals surface area contributed by atoms with E-state index < -0.39 is 0 Å². The average molecular weight is 298 g/mol. The standard InChI is InChI=1S/C15H24ClN3O/c1-3-12-10-13(19(4-2)18-12)14(20)17-15(11-16)8-6-5-7-9-15/h10H,3-9,11H2,1-2H3,(H,17,20). The molecule has 1 saturated carbocycles. The van der Waals surface area contributed by atoms with Crippen LogP contribution in [-0.2, 0) is 13.0 Å². The van der Waals surface area contributed by atoms with Crippen molar-refractivity contribution < 1.29 is 4.79 Å². The molecule has 1 fully saturated rings. The van der Waals surface area contributed by atoms with Gasteiger partial charge in [-0.15, -0.1) is 11.6 Å². The number of rotatable bonds is 5. The third kappa shape index (κ3) is 3.17. The van der Waals surface area contributed by atoms with Crippen molar-refractivity contribution in [1.82, 2.24) is 15.1 Å². The molecule has 4 nitrogen and oxygen atoms in total. The normalized spacial score (nSPS) is 17.9. The molecule has 1 heterocycles. The molecule has 20 heavy (non-hydrogen) atoms. The van der Waals surface area contributed by atoms with E-state index in [9.17, 15) is 4.79 Å². The van der Waals surface area contributed by atoms with E-state index in [1.807, 2.05) is 19.9 Å². The molecule has 5 heteroatoms. The quantitative estimate of drug-likeness (QED) is 0.849. The molecule has 1 aromatic heterocycles. The zero-order valence-electron chi connectivity index (χ0n) is 12.4. The van der Waals surface area contributed by atoms with Gasteiger partial charge >= 0.3 is 0 Å². The lowest BCUT2D eigenvalue weighted by Crippen LogP contribution is -2.51. The molecule has 1 aromatic rings. The Balaban J connectivity index is 2.16. The summed E-state index contributed by atoms with van der Waals surface area (Å²) in [5.41, 5.74) is 1.38. The molecule has 0 bridgehead atoms. The van der Waals surface area contributed by atoms with Crippen molar-refractivity contribution in [3.8, 4) is 0 Å². The summed E-state index contributed by atoms with van der Waals surface area (Å²) in [6.45, 7) is 4.75. The Kier molecular flexibility index (Phi) is 5.08. The van der Waals surface area contributed by atoms with Gasteiger partial charge in [-0.1, -0.05) is 26.2 Å². The zero-order valence-corrected chi connectivity index (χ0v) is 13.2. The van der Waals surface area contributed by atoms with Crippen LogP contribution in [0.2, 0.25) is 0 Å². The van der Waals surface area contributed by atoms with Crippen LogP contribution < -0.4 is 5.32 Å². The highest BCUT2D eigenvalue weighted by atomic mass is 35.5. The van der Waals surface area contributed by atoms with E-state index in [1.54, 1.807) is 4.68 Å². The summed E-state index contributed by atoms with van der Waals surface area (Å²) < 4.78 is 1.78. The van der Waals surface area contributed by atoms with Crippen molar-refractivity contribution in [3.05, 3.63) is 17.5 Å². The number of nitrogens with one attached hydrogen (secondary N) is 1. The Bertz CT molecular complexity index is 464. The van der Waals surface area contributed by atoms with Gasteiger partial charge in [-0.25, -0.2) is 0 Å². The van der Waals surface area contributed by atoms with Crippen LogP contribution >= 0.6 is 11.6 Å². The van der Waals surface area contributed by atoms with E-state index in [4.69, 9.17) is 11.6 Å². The summed E-state index contributed by atoms with van der Waals surface area (Å²) in [5, 5.41) is 7.61. The first-order valence-corrected chi connectivity index (χ1v) is 8.13. The molecular weight excluding hydrogens is 274 g/mol. The fourth-order valence-electron chi connectivity index (χ4n) is 2.89. The van der Waals surface area contributed by atoms with E-state index in [0.717, 1.165) is 37.8 Å². The third-order valence-corrected chi connectivity index (χ3v) is 4.68. The fraction of sp³-hybridized carbons (Fsp3) is 0.733. The summed E-state index contributed by atoms with van der Waals surface area (Å²) >= 11 is 6.14. The Morgan fingerprint density at radius 1 is 1.40 bits per heavy atom. The number of alkyl halides is 1. The first-order valence-electron chi connectivity index (χ1n) is 7.59. The number of amides is 1. The molecule has 112 valence electrons. The molecule has 1 aliphatic rings. The number of aromatic nitrogens is 2. The molecule has 1 amide bonds. The Labute approximate surface area is 125 Å². The Morgan fingerprint density at radius 2 is 2.10 bits per heavy atom. The molecular formula is C15H24ClN3O. The monoisotopic (exact) mass is 297 g/mol. The van der Waals surface area contributed by atoms with Gasteiger partial charge in [0.1, 0.15) is 5.69 Å². The number of aryl methyl sites for hydroxylation is 2. The van der Waals surface area contributed by atoms with Crippen LogP contribution in [0.25, 0.3) is 0 Å². The van der Waals surface area contributed by atoms with Crippen LogP contribution in [0.15, 0.2) is 6.07 Å². The highest BCUT2D eigenvalue weighted by molar-refractivity contribution is 6.19. The van der Waals surface area contributed by atoms with Crippen LogP contribution in [0.5, 0.6) is 0 Å². The lowest BCUT2D eigenvalue weighted by Gasteiger charge is -2.36. The van der Waals surface area contributed by atoms with Crippen LogP contribution in [0, 0.1) is 0 Å². The molecule has 0 unspecified atom stereocenters. The van der Waals surface area contributed by atoms with Crippen molar-refractivity contribution in [3.63, 3.8) is 0 Å². The highest BCUT2D eigenvalue weighted by Crippen LogP contribution is 2.29. The van der Waals surface area contributed by atoms with Gasteiger partial charge in [0.25, 0.3) is 5.91 Å². The molecule has 0 atom stereocenters. The van der Waals surface area contributed by atoms with Crippen molar-refractivity contribution in [1.29, 1.82) is 0 Å². The first-order chi connectivity index (χ1) is 9.64. The SMILES string of the molecule is CCc1cc(C(=O)NC2(CCl)CCCCC2)n(CC)n1. The second-order valence-electron chi connectivity index (χ2n) is 5.62. The maximum Gasteiger partial charge on any atom is 0.270 e. The molecule has 0 radical (unpaired) electrons. The van der Waals surface area contributed by atoms with Crippen molar-refractivity contribution >= 4 is 17.5 Å². The Morgan fingerprint density at radius 3 is 2.65 bits per heavy atom. The van der Waals surface area contributed by atoms with Gasteiger partial charge in [-0.2, -0.15) is 5.10 Å². The van der Waals surface area contributed by atoms with E-state index in [1.165, 1.54) is 6.42 Å². The predicted molar refractivity (Wildman–Crippen MR) is 81.3 cm³/mol. The highest BCUT2D eigenvalue weighted by Gasteiger charge is 2.33. The van der Waals surface area contributed by atoms with Gasteiger partial charge < -0.3 is 5.32 Å². The number of nitrogens with zero attached hydrogens (tertiary/aromatic N) is 2. The first kappa shape index (κ1) is 15.4. The number of hydrogen-bond acceptors (Lipinski definition) is 2. The van der Waals surface area contributed by atoms with Gasteiger partial charge in [0.05, 0.1) is 11.2 Å². The molecule has 0 aliphatic heterocycles. The summed E-state index contributed by atoms with van der Waals surface area (Å²) in [6, 6.07) is 1.89. The van der Waals surface area contributed by atoms with Gasteiger partial charge in [0.15, 0.2) is 0 Å². The van der Waals surface area contributed by atoms with E-state index in [0.29, 0.717) is 18.1 Å². The maximum atomic E-state index is 12.6. The molecule has 1 N–H and O–H groups in total. The smallest absolute Gasteiger partial charge is 0.270 e. The molecule has 2 rings (SSSR count). The zero-order chi connectivity index (χ0) is 14.6. The van der Waals surface area contributed by atoms with Crippen molar-refractivity contribution in [2.75, 3.05) is 5.88 Å². The third-order valence-electron chi connectivity index (χ3n) is 4.17. The van der Waals surface area contributed by atoms with Gasteiger partial charge in [0.2, 0.25) is 0 Å². The van der Waals surface area contributed by atoms with Gasteiger partial charge in [0, 0.05) is 12.4 Å². The van der Waals surface area contributed by atoms with Crippen LogP contribution in [-0.4, -0.2) is 27.1 Å².